The Balaban J connectivity index is 1.60. The molecule has 0 saturated carbocycles. The minimum atomic E-state index is -0.290. The summed E-state index contributed by atoms with van der Waals surface area (Å²) in [5.74, 6) is 0.864. The lowest BCUT2D eigenvalue weighted by Crippen LogP contribution is -2.46. The number of carbonyl (C=O) groups excluding carboxylic acids is 1. The molecule has 1 saturated heterocycles. The van der Waals surface area contributed by atoms with Gasteiger partial charge in [-0.1, -0.05) is 30.3 Å². The number of hydrogen-bond donors (Lipinski definition) is 1. The van der Waals surface area contributed by atoms with Crippen molar-refractivity contribution < 1.29 is 14.6 Å². The van der Waals surface area contributed by atoms with Crippen molar-refractivity contribution in [3.8, 4) is 5.75 Å². The first-order chi connectivity index (χ1) is 11.6. The van der Waals surface area contributed by atoms with Crippen LogP contribution < -0.4 is 4.74 Å². The Morgan fingerprint density at radius 1 is 1.17 bits per heavy atom. The van der Waals surface area contributed by atoms with E-state index in [1.165, 1.54) is 0 Å². The Kier molecular flexibility index (Phi) is 5.16. The van der Waals surface area contributed by atoms with Crippen LogP contribution in [-0.4, -0.2) is 34.6 Å². The van der Waals surface area contributed by atoms with Gasteiger partial charge in [0.15, 0.2) is 0 Å². The molecule has 4 heteroatoms. The summed E-state index contributed by atoms with van der Waals surface area (Å²) < 4.78 is 5.71. The molecule has 0 spiro atoms. The summed E-state index contributed by atoms with van der Waals surface area (Å²) in [6.45, 7) is 3.08. The summed E-state index contributed by atoms with van der Waals surface area (Å²) in [6, 6.07) is 17.3. The molecule has 0 unspecified atom stereocenters. The molecule has 0 radical (unpaired) electrons. The van der Waals surface area contributed by atoms with E-state index >= 15 is 0 Å². The van der Waals surface area contributed by atoms with Crippen molar-refractivity contribution >= 4 is 5.91 Å². The molecule has 0 bridgehead atoms. The number of para-hydroxylation sites is 1. The topological polar surface area (TPSA) is 49.8 Å². The molecule has 0 aliphatic carbocycles. The van der Waals surface area contributed by atoms with Crippen LogP contribution in [0.4, 0.5) is 0 Å². The van der Waals surface area contributed by atoms with Crippen molar-refractivity contribution in [1.82, 2.24) is 4.90 Å². The first-order valence-electron chi connectivity index (χ1n) is 8.39. The van der Waals surface area contributed by atoms with Gasteiger partial charge in [0.05, 0.1) is 6.10 Å². The van der Waals surface area contributed by atoms with E-state index in [-0.39, 0.29) is 18.1 Å². The number of nitrogens with zero attached hydrogens (tertiary/aromatic N) is 1. The lowest BCUT2D eigenvalue weighted by molar-refractivity contribution is 0.0365. The average Bonchev–Trinajstić information content (AvgIpc) is 2.61. The van der Waals surface area contributed by atoms with Crippen LogP contribution in [0.3, 0.4) is 0 Å². The molecule has 1 N–H and O–H groups in total. The summed E-state index contributed by atoms with van der Waals surface area (Å²) in [6.07, 6.45) is 1.01. The number of likely N-dealkylation sites (tertiary alicyclic amines) is 1. The number of piperidine rings is 1. The fourth-order valence-electron chi connectivity index (χ4n) is 3.04. The SMILES string of the molecule is C[C@H]1C[C@@H](O)CCN1C(=O)c1ccc(COc2ccccc2)cc1. The Bertz CT molecular complexity index is 669. The van der Waals surface area contributed by atoms with Gasteiger partial charge in [0.25, 0.3) is 5.91 Å². The highest BCUT2D eigenvalue weighted by Gasteiger charge is 2.28. The molecule has 1 heterocycles. The number of aliphatic hydroxyl groups is 1. The minimum absolute atomic E-state index is 0.0323. The van der Waals surface area contributed by atoms with Gasteiger partial charge >= 0.3 is 0 Å². The van der Waals surface area contributed by atoms with E-state index in [0.29, 0.717) is 31.6 Å². The second kappa shape index (κ2) is 7.49. The van der Waals surface area contributed by atoms with E-state index in [0.717, 1.165) is 11.3 Å². The van der Waals surface area contributed by atoms with Crippen LogP contribution in [0.2, 0.25) is 0 Å². The maximum Gasteiger partial charge on any atom is 0.254 e. The van der Waals surface area contributed by atoms with Gasteiger partial charge in [-0.25, -0.2) is 0 Å². The smallest absolute Gasteiger partial charge is 0.254 e. The summed E-state index contributed by atoms with van der Waals surface area (Å²) in [7, 11) is 0. The standard InChI is InChI=1S/C20H23NO3/c1-15-13-18(22)11-12-21(15)20(23)17-9-7-16(8-10-17)14-24-19-5-3-2-4-6-19/h2-10,15,18,22H,11-14H2,1H3/t15-,18-/m0/s1. The molecule has 2 atom stereocenters. The number of carbonyl (C=O) groups is 1. The van der Waals surface area contributed by atoms with Crippen LogP contribution in [0.1, 0.15) is 35.7 Å². The molecule has 2 aromatic carbocycles. The average molecular weight is 325 g/mol. The van der Waals surface area contributed by atoms with Gasteiger partial charge in [0, 0.05) is 18.2 Å². The van der Waals surface area contributed by atoms with E-state index in [4.69, 9.17) is 4.74 Å². The highest BCUT2D eigenvalue weighted by atomic mass is 16.5. The third-order valence-electron chi connectivity index (χ3n) is 4.46. The largest absolute Gasteiger partial charge is 0.489 e. The van der Waals surface area contributed by atoms with Crippen molar-refractivity contribution in [2.45, 2.75) is 38.5 Å². The predicted octanol–water partition coefficient (Wildman–Crippen LogP) is 3.25. The Morgan fingerprint density at radius 2 is 1.88 bits per heavy atom. The zero-order chi connectivity index (χ0) is 16.9. The lowest BCUT2D eigenvalue weighted by atomic mass is 9.99. The van der Waals surface area contributed by atoms with Crippen molar-refractivity contribution in [2.24, 2.45) is 0 Å². The third kappa shape index (κ3) is 3.95. The maximum absolute atomic E-state index is 12.6. The summed E-state index contributed by atoms with van der Waals surface area (Å²) in [5.41, 5.74) is 1.71. The van der Waals surface area contributed by atoms with E-state index in [2.05, 4.69) is 0 Å². The number of benzene rings is 2. The molecule has 0 aromatic heterocycles. The van der Waals surface area contributed by atoms with Crippen LogP contribution >= 0.6 is 0 Å². The second-order valence-corrected chi connectivity index (χ2v) is 6.32. The van der Waals surface area contributed by atoms with Gasteiger partial charge in [-0.3, -0.25) is 4.79 Å². The normalized spacial score (nSPS) is 20.7. The predicted molar refractivity (Wildman–Crippen MR) is 93.0 cm³/mol. The number of hydrogen-bond acceptors (Lipinski definition) is 3. The fraction of sp³-hybridized carbons (Fsp3) is 0.350. The van der Waals surface area contributed by atoms with Gasteiger partial charge in [-0.2, -0.15) is 0 Å². The van der Waals surface area contributed by atoms with E-state index in [1.807, 2.05) is 66.4 Å². The highest BCUT2D eigenvalue weighted by Crippen LogP contribution is 2.20. The molecule has 126 valence electrons. The van der Waals surface area contributed by atoms with Gasteiger partial charge in [0.1, 0.15) is 12.4 Å². The molecule has 1 amide bonds. The molecule has 1 aliphatic rings. The lowest BCUT2D eigenvalue weighted by Gasteiger charge is -2.36. The Morgan fingerprint density at radius 3 is 2.54 bits per heavy atom. The molecule has 3 rings (SSSR count). The van der Waals surface area contributed by atoms with Crippen molar-refractivity contribution in [3.63, 3.8) is 0 Å². The number of amides is 1. The monoisotopic (exact) mass is 325 g/mol. The van der Waals surface area contributed by atoms with Crippen LogP contribution in [-0.2, 0) is 6.61 Å². The molecular weight excluding hydrogens is 302 g/mol. The molecule has 1 aliphatic heterocycles. The van der Waals surface area contributed by atoms with Gasteiger partial charge in [-0.15, -0.1) is 0 Å². The zero-order valence-electron chi connectivity index (χ0n) is 13.9. The van der Waals surface area contributed by atoms with Crippen LogP contribution in [0.15, 0.2) is 54.6 Å². The van der Waals surface area contributed by atoms with E-state index < -0.39 is 0 Å². The first kappa shape index (κ1) is 16.5. The summed E-state index contributed by atoms with van der Waals surface area (Å²) in [5, 5.41) is 9.69. The number of aliphatic hydroxyl groups excluding tert-OH is 1. The van der Waals surface area contributed by atoms with Crippen molar-refractivity contribution in [1.29, 1.82) is 0 Å². The van der Waals surface area contributed by atoms with Crippen LogP contribution in [0, 0.1) is 0 Å². The molecule has 24 heavy (non-hydrogen) atoms. The van der Waals surface area contributed by atoms with Gasteiger partial charge in [0.2, 0.25) is 0 Å². The second-order valence-electron chi connectivity index (χ2n) is 6.32. The summed E-state index contributed by atoms with van der Waals surface area (Å²) >= 11 is 0. The van der Waals surface area contributed by atoms with Gasteiger partial charge < -0.3 is 14.7 Å². The Labute approximate surface area is 142 Å². The van der Waals surface area contributed by atoms with Crippen molar-refractivity contribution in [2.75, 3.05) is 6.54 Å². The van der Waals surface area contributed by atoms with Crippen LogP contribution in [0.25, 0.3) is 0 Å². The minimum Gasteiger partial charge on any atom is -0.489 e. The molecule has 1 fully saturated rings. The third-order valence-corrected chi connectivity index (χ3v) is 4.46. The summed E-state index contributed by atoms with van der Waals surface area (Å²) in [4.78, 5) is 14.5. The number of rotatable bonds is 4. The first-order valence-corrected chi connectivity index (χ1v) is 8.39. The van der Waals surface area contributed by atoms with Gasteiger partial charge in [-0.05, 0) is 49.6 Å². The zero-order valence-corrected chi connectivity index (χ0v) is 13.9. The quantitative estimate of drug-likeness (QED) is 0.939. The van der Waals surface area contributed by atoms with Crippen LogP contribution in [0.5, 0.6) is 5.75 Å². The number of ether oxygens (including phenoxy) is 1. The van der Waals surface area contributed by atoms with Crippen molar-refractivity contribution in [3.05, 3.63) is 65.7 Å². The fourth-order valence-corrected chi connectivity index (χ4v) is 3.04. The molecule has 4 nitrogen and oxygen atoms in total. The maximum atomic E-state index is 12.6. The highest BCUT2D eigenvalue weighted by molar-refractivity contribution is 5.94. The molecular formula is C20H23NO3. The van der Waals surface area contributed by atoms with E-state index in [1.54, 1.807) is 0 Å². The van der Waals surface area contributed by atoms with E-state index in [9.17, 15) is 9.90 Å². The Hall–Kier alpha value is -2.33. The molecule has 2 aromatic rings.